The van der Waals surface area contributed by atoms with Crippen molar-refractivity contribution in [3.8, 4) is 5.75 Å². The van der Waals surface area contributed by atoms with Gasteiger partial charge < -0.3 is 15.8 Å². The topological polar surface area (TPSA) is 86.0 Å². The van der Waals surface area contributed by atoms with E-state index < -0.39 is 0 Å². The van der Waals surface area contributed by atoms with Gasteiger partial charge in [-0.1, -0.05) is 36.4 Å². The number of nitrogens with one attached hydrogen (secondary N) is 1. The molecule has 0 saturated carbocycles. The fraction of sp³-hybridized carbons (Fsp3) is 0.192. The number of nitrogens with two attached hydrogens (primary N) is 1. The van der Waals surface area contributed by atoms with E-state index in [1.807, 2.05) is 54.6 Å². The van der Waals surface area contributed by atoms with Crippen LogP contribution in [0.1, 0.15) is 29.4 Å². The number of nitrogens with zero attached hydrogens (tertiary/aromatic N) is 3. The number of aromatic nitrogens is 3. The third kappa shape index (κ3) is 8.08. The number of fused-ring (bicyclic) bond motifs is 1. The molecule has 35 heavy (non-hydrogen) atoms. The van der Waals surface area contributed by atoms with Crippen molar-refractivity contribution in [3.63, 3.8) is 0 Å². The van der Waals surface area contributed by atoms with Gasteiger partial charge in [-0.2, -0.15) is 0 Å². The third-order valence-corrected chi connectivity index (χ3v) is 5.35. The highest BCUT2D eigenvalue weighted by atomic mass is 35.5. The highest BCUT2D eigenvalue weighted by Gasteiger charge is 2.11. The van der Waals surface area contributed by atoms with E-state index in [1.54, 1.807) is 13.3 Å². The molecule has 2 aromatic heterocycles. The van der Waals surface area contributed by atoms with Gasteiger partial charge in [-0.25, -0.2) is 9.97 Å². The molecule has 0 spiro atoms. The zero-order chi connectivity index (χ0) is 22.2. The first kappa shape index (κ1) is 30.1. The van der Waals surface area contributed by atoms with Gasteiger partial charge >= 0.3 is 0 Å². The lowest BCUT2D eigenvalue weighted by Crippen LogP contribution is -2.17. The SMILES string of the molecule is COc1ccc2nc(C=Cc3ccccn3)nc(NCCC(CN)c3ccccc3)c2c1.Cl.Cl.Cl. The monoisotopic (exact) mass is 533 g/mol. The molecule has 0 bridgehead atoms. The summed E-state index contributed by atoms with van der Waals surface area (Å²) in [4.78, 5) is 13.8. The van der Waals surface area contributed by atoms with Crippen LogP contribution in [0.25, 0.3) is 23.1 Å². The fourth-order valence-electron chi connectivity index (χ4n) is 3.61. The summed E-state index contributed by atoms with van der Waals surface area (Å²) in [6, 6.07) is 22.0. The van der Waals surface area contributed by atoms with Crippen LogP contribution in [0.2, 0.25) is 0 Å². The molecule has 0 fully saturated rings. The smallest absolute Gasteiger partial charge is 0.155 e. The highest BCUT2D eigenvalue weighted by Crippen LogP contribution is 2.26. The number of rotatable bonds is 9. The number of methoxy groups -OCH3 is 1. The van der Waals surface area contributed by atoms with Crippen LogP contribution in [0, 0.1) is 0 Å². The molecule has 0 radical (unpaired) electrons. The average molecular weight is 535 g/mol. The molecule has 0 aliphatic carbocycles. The number of hydrogen-bond donors (Lipinski definition) is 2. The van der Waals surface area contributed by atoms with Crippen molar-refractivity contribution >= 4 is 66.1 Å². The van der Waals surface area contributed by atoms with Crippen molar-refractivity contribution in [3.05, 3.63) is 90.0 Å². The average Bonchev–Trinajstić information content (AvgIpc) is 2.86. The molecule has 2 aromatic carbocycles. The lowest BCUT2D eigenvalue weighted by atomic mass is 9.96. The van der Waals surface area contributed by atoms with Gasteiger partial charge in [-0.3, -0.25) is 4.98 Å². The Morgan fingerprint density at radius 3 is 2.40 bits per heavy atom. The van der Waals surface area contributed by atoms with E-state index in [-0.39, 0.29) is 43.1 Å². The molecule has 0 saturated heterocycles. The second-order valence-electron chi connectivity index (χ2n) is 7.46. The van der Waals surface area contributed by atoms with E-state index >= 15 is 0 Å². The van der Waals surface area contributed by atoms with Gasteiger partial charge in [-0.05, 0) is 66.9 Å². The van der Waals surface area contributed by atoms with Crippen LogP contribution >= 0.6 is 37.2 Å². The van der Waals surface area contributed by atoms with E-state index in [2.05, 4.69) is 34.6 Å². The molecule has 0 aliphatic heterocycles. The van der Waals surface area contributed by atoms with E-state index in [0.29, 0.717) is 12.4 Å². The Kier molecular flexibility index (Phi) is 13.1. The summed E-state index contributed by atoms with van der Waals surface area (Å²) in [5.41, 5.74) is 9.01. The molecule has 2 heterocycles. The molecule has 3 N–H and O–H groups in total. The number of halogens is 3. The van der Waals surface area contributed by atoms with Crippen LogP contribution < -0.4 is 15.8 Å². The Labute approximate surface area is 224 Å². The lowest BCUT2D eigenvalue weighted by Gasteiger charge is -2.16. The molecule has 9 heteroatoms. The maximum Gasteiger partial charge on any atom is 0.155 e. The molecule has 0 aliphatic rings. The minimum Gasteiger partial charge on any atom is -0.497 e. The summed E-state index contributed by atoms with van der Waals surface area (Å²) in [5, 5.41) is 4.42. The van der Waals surface area contributed by atoms with Gasteiger partial charge in [0.15, 0.2) is 5.82 Å². The number of hydrogen-bond acceptors (Lipinski definition) is 6. The van der Waals surface area contributed by atoms with Crippen LogP contribution in [-0.4, -0.2) is 35.2 Å². The predicted octanol–water partition coefficient (Wildman–Crippen LogP) is 6.01. The van der Waals surface area contributed by atoms with Gasteiger partial charge in [0.1, 0.15) is 11.6 Å². The molecular weight excluding hydrogens is 505 g/mol. The van der Waals surface area contributed by atoms with Crippen molar-refractivity contribution in [2.45, 2.75) is 12.3 Å². The van der Waals surface area contributed by atoms with Crippen LogP contribution in [0.5, 0.6) is 5.75 Å². The third-order valence-electron chi connectivity index (χ3n) is 5.35. The fourth-order valence-corrected chi connectivity index (χ4v) is 3.61. The molecule has 4 rings (SSSR count). The zero-order valence-electron chi connectivity index (χ0n) is 19.3. The molecule has 1 unspecified atom stereocenters. The Balaban J connectivity index is 0.00000204. The normalized spacial score (nSPS) is 11.1. The van der Waals surface area contributed by atoms with Crippen molar-refractivity contribution < 1.29 is 4.74 Å². The second kappa shape index (κ2) is 15.2. The first-order valence-electron chi connectivity index (χ1n) is 10.7. The standard InChI is InChI=1S/C26H27N5O.3ClH/c1-32-22-11-12-24-23(17-22)26(29-16-14-20(18-27)19-7-3-2-4-8-19)31-25(30-24)13-10-21-9-5-6-15-28-21;;;/h2-13,15,17,20H,14,16,18,27H2,1H3,(H,29,30,31);3*1H. The zero-order valence-corrected chi connectivity index (χ0v) is 21.8. The summed E-state index contributed by atoms with van der Waals surface area (Å²) >= 11 is 0. The van der Waals surface area contributed by atoms with Crippen molar-refractivity contribution in [2.24, 2.45) is 5.73 Å². The first-order chi connectivity index (χ1) is 15.8. The van der Waals surface area contributed by atoms with Crippen molar-refractivity contribution in [1.82, 2.24) is 15.0 Å². The molecular formula is C26H30Cl3N5O. The van der Waals surface area contributed by atoms with E-state index in [0.717, 1.165) is 41.1 Å². The number of pyridine rings is 1. The Bertz CT molecular complexity index is 1190. The van der Waals surface area contributed by atoms with Crippen molar-refractivity contribution in [2.75, 3.05) is 25.5 Å². The van der Waals surface area contributed by atoms with E-state index in [1.165, 1.54) is 5.56 Å². The van der Waals surface area contributed by atoms with Crippen LogP contribution in [0.15, 0.2) is 72.9 Å². The van der Waals surface area contributed by atoms with E-state index in [4.69, 9.17) is 20.4 Å². The van der Waals surface area contributed by atoms with Gasteiger partial charge in [-0.15, -0.1) is 37.2 Å². The molecule has 6 nitrogen and oxygen atoms in total. The molecule has 0 amide bonds. The highest BCUT2D eigenvalue weighted by molar-refractivity contribution is 5.91. The Morgan fingerprint density at radius 1 is 0.943 bits per heavy atom. The quantitative estimate of drug-likeness (QED) is 0.273. The summed E-state index contributed by atoms with van der Waals surface area (Å²) in [5.74, 6) is 2.45. The van der Waals surface area contributed by atoms with Gasteiger partial charge in [0.2, 0.25) is 0 Å². The van der Waals surface area contributed by atoms with Crippen LogP contribution in [0.3, 0.4) is 0 Å². The minimum absolute atomic E-state index is 0. The minimum atomic E-state index is 0. The largest absolute Gasteiger partial charge is 0.497 e. The van der Waals surface area contributed by atoms with Crippen molar-refractivity contribution in [1.29, 1.82) is 0 Å². The number of benzene rings is 2. The Morgan fingerprint density at radius 2 is 1.71 bits per heavy atom. The Hall–Kier alpha value is -2.90. The summed E-state index contributed by atoms with van der Waals surface area (Å²) in [6.07, 6.45) is 6.45. The maximum atomic E-state index is 6.05. The maximum absolute atomic E-state index is 6.05. The summed E-state index contributed by atoms with van der Waals surface area (Å²) < 4.78 is 5.41. The molecule has 186 valence electrons. The number of anilines is 1. The predicted molar refractivity (Wildman–Crippen MR) is 152 cm³/mol. The van der Waals surface area contributed by atoms with E-state index in [9.17, 15) is 0 Å². The van der Waals surface area contributed by atoms with Crippen LogP contribution in [-0.2, 0) is 0 Å². The molecule has 1 atom stereocenters. The summed E-state index contributed by atoms with van der Waals surface area (Å²) in [6.45, 7) is 1.34. The van der Waals surface area contributed by atoms with Crippen LogP contribution in [0.4, 0.5) is 5.82 Å². The van der Waals surface area contributed by atoms with Gasteiger partial charge in [0.05, 0.1) is 18.3 Å². The molecule has 4 aromatic rings. The first-order valence-corrected chi connectivity index (χ1v) is 10.7. The lowest BCUT2D eigenvalue weighted by molar-refractivity contribution is 0.415. The van der Waals surface area contributed by atoms with Gasteiger partial charge in [0, 0.05) is 18.1 Å². The second-order valence-corrected chi connectivity index (χ2v) is 7.46. The number of ether oxygens (including phenoxy) is 1. The van der Waals surface area contributed by atoms with Gasteiger partial charge in [0.25, 0.3) is 0 Å². The summed E-state index contributed by atoms with van der Waals surface area (Å²) in [7, 11) is 1.66.